The summed E-state index contributed by atoms with van der Waals surface area (Å²) in [6, 6.07) is 0. The van der Waals surface area contributed by atoms with Gasteiger partial charge in [-0.2, -0.15) is 0 Å². The molecule has 4 saturated carbocycles. The van der Waals surface area contributed by atoms with Crippen molar-refractivity contribution in [3.63, 3.8) is 0 Å². The number of rotatable bonds is 5. The molecule has 4 bridgehead atoms. The maximum atomic E-state index is 11.2. The van der Waals surface area contributed by atoms with Crippen molar-refractivity contribution in [1.82, 2.24) is 0 Å². The Labute approximate surface area is 116 Å². The van der Waals surface area contributed by atoms with Gasteiger partial charge in [0.1, 0.15) is 0 Å². The zero-order chi connectivity index (χ0) is 13.4. The van der Waals surface area contributed by atoms with E-state index in [1.807, 2.05) is 6.92 Å². The first-order valence-corrected chi connectivity index (χ1v) is 7.98. The minimum absolute atomic E-state index is 0.0442. The molecular weight excluding hydrogens is 236 g/mol. The van der Waals surface area contributed by atoms with E-state index in [1.54, 1.807) is 0 Å². The maximum Gasteiger partial charge on any atom is 0.330 e. The zero-order valence-electron chi connectivity index (χ0n) is 12.0. The van der Waals surface area contributed by atoms with Crippen molar-refractivity contribution in [2.45, 2.75) is 58.0 Å². The van der Waals surface area contributed by atoms with Gasteiger partial charge < -0.3 is 4.74 Å². The lowest BCUT2D eigenvalue weighted by Gasteiger charge is -2.54. The van der Waals surface area contributed by atoms with Crippen LogP contribution < -0.4 is 0 Å². The SMILES string of the molecule is C=CC(=O)OC(C)CCC1C2CC3CC(C2)CC1C3. The number of ether oxygens (including phenoxy) is 1. The Balaban J connectivity index is 1.50. The molecule has 2 nitrogen and oxygen atoms in total. The third-order valence-corrected chi connectivity index (χ3v) is 5.81. The second-order valence-corrected chi connectivity index (χ2v) is 7.12. The monoisotopic (exact) mass is 262 g/mol. The summed E-state index contributed by atoms with van der Waals surface area (Å²) in [7, 11) is 0. The van der Waals surface area contributed by atoms with Crippen molar-refractivity contribution < 1.29 is 9.53 Å². The van der Waals surface area contributed by atoms with Crippen molar-refractivity contribution in [3.05, 3.63) is 12.7 Å². The molecule has 0 aromatic carbocycles. The molecule has 0 aromatic heterocycles. The van der Waals surface area contributed by atoms with Crippen molar-refractivity contribution in [3.8, 4) is 0 Å². The van der Waals surface area contributed by atoms with Crippen LogP contribution in [-0.4, -0.2) is 12.1 Å². The zero-order valence-corrected chi connectivity index (χ0v) is 12.0. The fraction of sp³-hybridized carbons (Fsp3) is 0.824. The highest BCUT2D eigenvalue weighted by molar-refractivity contribution is 5.81. The molecule has 106 valence electrons. The summed E-state index contributed by atoms with van der Waals surface area (Å²) in [6.07, 6.45) is 11.0. The minimum atomic E-state index is -0.280. The summed E-state index contributed by atoms with van der Waals surface area (Å²) in [5.41, 5.74) is 0. The number of hydrogen-bond acceptors (Lipinski definition) is 2. The van der Waals surface area contributed by atoms with Crippen molar-refractivity contribution in [2.75, 3.05) is 0 Å². The van der Waals surface area contributed by atoms with Gasteiger partial charge in [0, 0.05) is 6.08 Å². The summed E-state index contributed by atoms with van der Waals surface area (Å²) in [4.78, 5) is 11.2. The normalized spacial score (nSPS) is 41.0. The standard InChI is InChI=1S/C17H26O2/c1-3-17(18)19-11(2)4-5-16-14-7-12-6-13(9-14)10-15(16)8-12/h3,11-16H,1,4-10H2,2H3. The van der Waals surface area contributed by atoms with E-state index in [1.165, 1.54) is 44.6 Å². The fourth-order valence-electron chi connectivity index (χ4n) is 5.24. The van der Waals surface area contributed by atoms with Crippen LogP contribution in [0.1, 0.15) is 51.9 Å². The Bertz CT molecular complexity index is 332. The molecule has 4 aliphatic rings. The average molecular weight is 262 g/mol. The summed E-state index contributed by atoms with van der Waals surface area (Å²) in [6.45, 7) is 5.46. The van der Waals surface area contributed by atoms with Crippen LogP contribution in [0.4, 0.5) is 0 Å². The predicted octanol–water partition coefficient (Wildman–Crippen LogP) is 3.96. The second-order valence-electron chi connectivity index (χ2n) is 7.12. The molecule has 0 spiro atoms. The molecule has 4 fully saturated rings. The van der Waals surface area contributed by atoms with Crippen LogP contribution in [0.25, 0.3) is 0 Å². The van der Waals surface area contributed by atoms with Gasteiger partial charge in [-0.1, -0.05) is 6.58 Å². The number of carbonyl (C=O) groups excluding carboxylic acids is 1. The van der Waals surface area contributed by atoms with E-state index in [4.69, 9.17) is 4.74 Å². The van der Waals surface area contributed by atoms with Gasteiger partial charge in [0.25, 0.3) is 0 Å². The van der Waals surface area contributed by atoms with Crippen molar-refractivity contribution in [1.29, 1.82) is 0 Å². The number of hydrogen-bond donors (Lipinski definition) is 0. The van der Waals surface area contributed by atoms with Crippen molar-refractivity contribution >= 4 is 5.97 Å². The summed E-state index contributed by atoms with van der Waals surface area (Å²) in [5, 5.41) is 0. The lowest BCUT2D eigenvalue weighted by atomic mass is 9.51. The fourth-order valence-corrected chi connectivity index (χ4v) is 5.24. The third-order valence-electron chi connectivity index (χ3n) is 5.81. The van der Waals surface area contributed by atoms with Crippen LogP contribution >= 0.6 is 0 Å². The number of esters is 1. The Morgan fingerprint density at radius 2 is 1.79 bits per heavy atom. The predicted molar refractivity (Wildman–Crippen MR) is 75.5 cm³/mol. The lowest BCUT2D eigenvalue weighted by molar-refractivity contribution is -0.142. The minimum Gasteiger partial charge on any atom is -0.460 e. The van der Waals surface area contributed by atoms with Crippen LogP contribution in [0.2, 0.25) is 0 Å². The van der Waals surface area contributed by atoms with E-state index in [-0.39, 0.29) is 12.1 Å². The molecule has 19 heavy (non-hydrogen) atoms. The van der Waals surface area contributed by atoms with Gasteiger partial charge in [0.2, 0.25) is 0 Å². The van der Waals surface area contributed by atoms with Gasteiger partial charge in [-0.3, -0.25) is 0 Å². The van der Waals surface area contributed by atoms with Crippen LogP contribution in [-0.2, 0) is 9.53 Å². The molecule has 2 heteroatoms. The van der Waals surface area contributed by atoms with Crippen LogP contribution in [0.3, 0.4) is 0 Å². The Morgan fingerprint density at radius 1 is 1.21 bits per heavy atom. The highest BCUT2D eigenvalue weighted by Crippen LogP contribution is 2.57. The molecule has 0 heterocycles. The smallest absolute Gasteiger partial charge is 0.330 e. The van der Waals surface area contributed by atoms with Gasteiger partial charge in [-0.05, 0) is 81.5 Å². The molecular formula is C17H26O2. The van der Waals surface area contributed by atoms with Gasteiger partial charge in [-0.25, -0.2) is 4.79 Å². The first-order valence-electron chi connectivity index (χ1n) is 7.98. The summed E-state index contributed by atoms with van der Waals surface area (Å²) >= 11 is 0. The van der Waals surface area contributed by atoms with Crippen LogP contribution in [0, 0.1) is 29.6 Å². The molecule has 4 rings (SSSR count). The Kier molecular flexibility index (Phi) is 3.68. The molecule has 0 amide bonds. The quantitative estimate of drug-likeness (QED) is 0.554. The van der Waals surface area contributed by atoms with E-state index in [9.17, 15) is 4.79 Å². The van der Waals surface area contributed by atoms with E-state index < -0.39 is 0 Å². The Morgan fingerprint density at radius 3 is 2.32 bits per heavy atom. The van der Waals surface area contributed by atoms with Gasteiger partial charge in [0.05, 0.1) is 6.10 Å². The summed E-state index contributed by atoms with van der Waals surface area (Å²) in [5.74, 6) is 4.71. The van der Waals surface area contributed by atoms with E-state index in [0.29, 0.717) is 0 Å². The molecule has 0 N–H and O–H groups in total. The molecule has 0 aromatic rings. The molecule has 1 unspecified atom stereocenters. The first-order chi connectivity index (χ1) is 9.15. The topological polar surface area (TPSA) is 26.3 Å². The van der Waals surface area contributed by atoms with Crippen LogP contribution in [0.5, 0.6) is 0 Å². The molecule has 0 radical (unpaired) electrons. The van der Waals surface area contributed by atoms with E-state index in [0.717, 1.165) is 36.0 Å². The van der Waals surface area contributed by atoms with Crippen LogP contribution in [0.15, 0.2) is 12.7 Å². The molecule has 0 aliphatic heterocycles. The number of carbonyl (C=O) groups is 1. The van der Waals surface area contributed by atoms with E-state index >= 15 is 0 Å². The van der Waals surface area contributed by atoms with E-state index in [2.05, 4.69) is 6.58 Å². The molecule has 4 aliphatic carbocycles. The molecule has 1 atom stereocenters. The maximum absolute atomic E-state index is 11.2. The van der Waals surface area contributed by atoms with Gasteiger partial charge >= 0.3 is 5.97 Å². The Hall–Kier alpha value is -0.790. The largest absolute Gasteiger partial charge is 0.460 e. The summed E-state index contributed by atoms with van der Waals surface area (Å²) < 4.78 is 5.29. The first kappa shape index (κ1) is 13.2. The highest BCUT2D eigenvalue weighted by atomic mass is 16.5. The third kappa shape index (κ3) is 2.73. The van der Waals surface area contributed by atoms with Gasteiger partial charge in [0.15, 0.2) is 0 Å². The lowest BCUT2D eigenvalue weighted by Crippen LogP contribution is -2.45. The highest BCUT2D eigenvalue weighted by Gasteiger charge is 2.47. The second kappa shape index (κ2) is 5.30. The average Bonchev–Trinajstić information content (AvgIpc) is 2.36. The molecule has 0 saturated heterocycles. The van der Waals surface area contributed by atoms with Crippen molar-refractivity contribution in [2.24, 2.45) is 29.6 Å². The van der Waals surface area contributed by atoms with Gasteiger partial charge in [-0.15, -0.1) is 0 Å².